The van der Waals surface area contributed by atoms with Crippen LogP contribution in [0.1, 0.15) is 27.7 Å². The van der Waals surface area contributed by atoms with Crippen LogP contribution in [0.4, 0.5) is 15.8 Å². The minimum absolute atomic E-state index is 0.0367. The van der Waals surface area contributed by atoms with Crippen molar-refractivity contribution >= 4 is 39.9 Å². The Morgan fingerprint density at radius 1 is 1.03 bits per heavy atom. The van der Waals surface area contributed by atoms with E-state index in [-0.39, 0.29) is 28.0 Å². The molecule has 1 aliphatic rings. The van der Waals surface area contributed by atoms with Crippen LogP contribution in [0.2, 0.25) is 5.02 Å². The lowest BCUT2D eigenvalue weighted by molar-refractivity contribution is -0.384. The second-order valence-corrected chi connectivity index (χ2v) is 7.66. The average Bonchev–Trinajstić information content (AvgIpc) is 3.07. The Kier molecular flexibility index (Phi) is 4.53. The Balaban J connectivity index is 1.82. The fourth-order valence-corrected chi connectivity index (χ4v) is 4.11. The van der Waals surface area contributed by atoms with Crippen LogP contribution in [0.3, 0.4) is 0 Å². The topological polar surface area (TPSA) is 93.7 Å². The predicted molar refractivity (Wildman–Crippen MR) is 116 cm³/mol. The van der Waals surface area contributed by atoms with Gasteiger partial charge >= 0.3 is 0 Å². The number of fused-ring (bicyclic) bond motifs is 2. The number of amides is 1. The zero-order chi connectivity index (χ0) is 22.6. The number of halogens is 2. The van der Waals surface area contributed by atoms with Crippen molar-refractivity contribution in [2.24, 2.45) is 0 Å². The molecule has 0 spiro atoms. The van der Waals surface area contributed by atoms with E-state index in [0.717, 1.165) is 0 Å². The van der Waals surface area contributed by atoms with Gasteiger partial charge in [0, 0.05) is 22.8 Å². The van der Waals surface area contributed by atoms with Gasteiger partial charge in [0.15, 0.2) is 5.43 Å². The van der Waals surface area contributed by atoms with Crippen LogP contribution in [0, 0.1) is 15.9 Å². The highest BCUT2D eigenvalue weighted by atomic mass is 35.5. The fraction of sp³-hybridized carbons (Fsp3) is 0.0435. The van der Waals surface area contributed by atoms with Crippen LogP contribution >= 0.6 is 11.6 Å². The van der Waals surface area contributed by atoms with Gasteiger partial charge in [-0.3, -0.25) is 24.6 Å². The molecule has 1 unspecified atom stereocenters. The summed E-state index contributed by atoms with van der Waals surface area (Å²) in [5.41, 5.74) is 0.193. The molecule has 9 heteroatoms. The van der Waals surface area contributed by atoms with Crippen molar-refractivity contribution in [1.82, 2.24) is 0 Å². The molecule has 4 aromatic rings. The number of carbonyl (C=O) groups excluding carboxylic acids is 1. The minimum Gasteiger partial charge on any atom is -0.450 e. The zero-order valence-corrected chi connectivity index (χ0v) is 16.9. The summed E-state index contributed by atoms with van der Waals surface area (Å²) in [5.74, 6) is -1.29. The largest absolute Gasteiger partial charge is 0.450 e. The molecule has 2 heterocycles. The van der Waals surface area contributed by atoms with Gasteiger partial charge in [-0.05, 0) is 48.0 Å². The predicted octanol–water partition coefficient (Wildman–Crippen LogP) is 5.24. The molecule has 32 heavy (non-hydrogen) atoms. The number of anilines is 1. The Morgan fingerprint density at radius 2 is 1.78 bits per heavy atom. The number of rotatable bonds is 3. The summed E-state index contributed by atoms with van der Waals surface area (Å²) < 4.78 is 19.3. The normalized spacial score (nSPS) is 15.2. The first kappa shape index (κ1) is 19.9. The van der Waals surface area contributed by atoms with Gasteiger partial charge < -0.3 is 4.42 Å². The van der Waals surface area contributed by atoms with E-state index in [2.05, 4.69) is 0 Å². The molecular weight excluding hydrogens is 439 g/mol. The van der Waals surface area contributed by atoms with Crippen LogP contribution in [0.25, 0.3) is 11.0 Å². The van der Waals surface area contributed by atoms with E-state index in [1.807, 2.05) is 0 Å². The molecule has 1 aromatic heterocycles. The SMILES string of the molecule is O=C1c2oc3ccc(Cl)cc3c(=O)c2C(c2cccc([N+](=O)[O-])c2)N1c1ccc(F)cc1. The third kappa shape index (κ3) is 3.04. The van der Waals surface area contributed by atoms with Gasteiger partial charge in [0.05, 0.1) is 21.9 Å². The Hall–Kier alpha value is -4.04. The van der Waals surface area contributed by atoms with E-state index < -0.39 is 28.1 Å². The lowest BCUT2D eigenvalue weighted by Gasteiger charge is -2.25. The smallest absolute Gasteiger partial charge is 0.295 e. The first-order valence-corrected chi connectivity index (χ1v) is 9.82. The highest BCUT2D eigenvalue weighted by molar-refractivity contribution is 6.31. The number of hydrogen-bond donors (Lipinski definition) is 0. The first-order valence-electron chi connectivity index (χ1n) is 9.45. The maximum absolute atomic E-state index is 13.5. The second-order valence-electron chi connectivity index (χ2n) is 7.22. The lowest BCUT2D eigenvalue weighted by Crippen LogP contribution is -2.29. The van der Waals surface area contributed by atoms with Crippen LogP contribution in [-0.2, 0) is 0 Å². The standard InChI is InChI=1S/C23H12ClFN2O5/c24-13-4-9-18-17(11-13)21(28)19-20(12-2-1-3-16(10-12)27(30)31)26(23(29)22(19)32-18)15-7-5-14(25)6-8-15/h1-11,20H. The van der Waals surface area contributed by atoms with E-state index in [1.54, 1.807) is 6.07 Å². The van der Waals surface area contributed by atoms with Crippen molar-refractivity contribution in [2.75, 3.05) is 4.90 Å². The van der Waals surface area contributed by atoms with Crippen molar-refractivity contribution < 1.29 is 18.5 Å². The third-order valence-electron chi connectivity index (χ3n) is 5.33. The number of nitro benzene ring substituents is 1. The summed E-state index contributed by atoms with van der Waals surface area (Å²) in [6.45, 7) is 0. The van der Waals surface area contributed by atoms with Gasteiger partial charge in [-0.25, -0.2) is 4.39 Å². The number of carbonyl (C=O) groups is 1. The van der Waals surface area contributed by atoms with E-state index in [4.69, 9.17) is 16.0 Å². The fourth-order valence-electron chi connectivity index (χ4n) is 3.94. The van der Waals surface area contributed by atoms with Crippen LogP contribution in [0.15, 0.2) is 75.9 Å². The molecule has 0 N–H and O–H groups in total. The summed E-state index contributed by atoms with van der Waals surface area (Å²) in [6.07, 6.45) is 0. The Labute approximate surface area is 184 Å². The molecule has 1 amide bonds. The quantitative estimate of drug-likeness (QED) is 0.314. The molecule has 0 radical (unpaired) electrons. The van der Waals surface area contributed by atoms with E-state index in [9.17, 15) is 24.1 Å². The van der Waals surface area contributed by atoms with E-state index in [1.165, 1.54) is 65.6 Å². The van der Waals surface area contributed by atoms with Crippen LogP contribution < -0.4 is 10.3 Å². The Bertz CT molecular complexity index is 1480. The van der Waals surface area contributed by atoms with E-state index in [0.29, 0.717) is 16.3 Å². The highest BCUT2D eigenvalue weighted by Crippen LogP contribution is 2.42. The summed E-state index contributed by atoms with van der Waals surface area (Å²) in [6, 6.07) is 14.3. The van der Waals surface area contributed by atoms with Crippen molar-refractivity contribution in [2.45, 2.75) is 6.04 Å². The van der Waals surface area contributed by atoms with Gasteiger partial charge in [0.2, 0.25) is 5.76 Å². The molecule has 0 aliphatic carbocycles. The maximum atomic E-state index is 13.5. The average molecular weight is 451 g/mol. The highest BCUT2D eigenvalue weighted by Gasteiger charge is 2.44. The number of non-ortho nitro benzene ring substituents is 1. The van der Waals surface area contributed by atoms with Crippen molar-refractivity contribution in [1.29, 1.82) is 0 Å². The van der Waals surface area contributed by atoms with Crippen molar-refractivity contribution in [3.63, 3.8) is 0 Å². The molecule has 158 valence electrons. The lowest BCUT2D eigenvalue weighted by atomic mass is 9.98. The van der Waals surface area contributed by atoms with E-state index >= 15 is 0 Å². The summed E-state index contributed by atoms with van der Waals surface area (Å²) in [4.78, 5) is 38.9. The molecule has 0 bridgehead atoms. The van der Waals surface area contributed by atoms with Gasteiger partial charge in [0.25, 0.3) is 11.6 Å². The molecular formula is C23H12ClFN2O5. The molecule has 0 saturated heterocycles. The molecule has 0 saturated carbocycles. The molecule has 3 aromatic carbocycles. The van der Waals surface area contributed by atoms with Crippen molar-refractivity contribution in [3.05, 3.63) is 115 Å². The summed E-state index contributed by atoms with van der Waals surface area (Å²) in [7, 11) is 0. The van der Waals surface area contributed by atoms with Crippen LogP contribution in [-0.4, -0.2) is 10.8 Å². The number of nitro groups is 1. The Morgan fingerprint density at radius 3 is 2.50 bits per heavy atom. The van der Waals surface area contributed by atoms with Gasteiger partial charge in [-0.2, -0.15) is 0 Å². The van der Waals surface area contributed by atoms with Gasteiger partial charge in [-0.15, -0.1) is 0 Å². The summed E-state index contributed by atoms with van der Waals surface area (Å²) in [5, 5.41) is 11.8. The number of nitrogens with zero attached hydrogens (tertiary/aromatic N) is 2. The van der Waals surface area contributed by atoms with Crippen LogP contribution in [0.5, 0.6) is 0 Å². The monoisotopic (exact) mass is 450 g/mol. The number of benzene rings is 3. The first-order chi connectivity index (χ1) is 15.3. The van der Waals surface area contributed by atoms with Gasteiger partial charge in [0.1, 0.15) is 11.4 Å². The molecule has 7 nitrogen and oxygen atoms in total. The minimum atomic E-state index is -1.01. The molecule has 1 atom stereocenters. The number of hydrogen-bond acceptors (Lipinski definition) is 5. The molecule has 1 aliphatic heterocycles. The van der Waals surface area contributed by atoms with Crippen molar-refractivity contribution in [3.8, 4) is 0 Å². The third-order valence-corrected chi connectivity index (χ3v) is 5.57. The zero-order valence-electron chi connectivity index (χ0n) is 16.1. The second kappa shape index (κ2) is 7.28. The van der Waals surface area contributed by atoms with Gasteiger partial charge in [-0.1, -0.05) is 23.7 Å². The molecule has 5 rings (SSSR count). The molecule has 0 fully saturated rings. The summed E-state index contributed by atoms with van der Waals surface area (Å²) >= 11 is 6.05. The maximum Gasteiger partial charge on any atom is 0.295 e.